The maximum atomic E-state index is 14.1. The van der Waals surface area contributed by atoms with E-state index in [1.54, 1.807) is 36.5 Å². The van der Waals surface area contributed by atoms with E-state index in [-0.39, 0.29) is 28.6 Å². The zero-order valence-corrected chi connectivity index (χ0v) is 23.3. The highest BCUT2D eigenvalue weighted by molar-refractivity contribution is 6.30. The summed E-state index contributed by atoms with van der Waals surface area (Å²) >= 11 is 6.08. The molecule has 3 heterocycles. The number of halogens is 7. The molecule has 0 N–H and O–H groups in total. The van der Waals surface area contributed by atoms with Crippen molar-refractivity contribution in [2.45, 2.75) is 51.2 Å². The Morgan fingerprint density at radius 1 is 0.976 bits per heavy atom. The number of fused-ring (bicyclic) bond motifs is 1. The molecule has 2 aromatic heterocycles. The van der Waals surface area contributed by atoms with Crippen molar-refractivity contribution in [1.82, 2.24) is 25.2 Å². The van der Waals surface area contributed by atoms with Crippen LogP contribution in [0.4, 0.5) is 38.0 Å². The van der Waals surface area contributed by atoms with Crippen LogP contribution < -0.4 is 9.80 Å². The summed E-state index contributed by atoms with van der Waals surface area (Å²) in [5.74, 6) is 0.127. The van der Waals surface area contributed by atoms with Crippen LogP contribution in [0.1, 0.15) is 52.3 Å². The molecule has 0 saturated heterocycles. The topological polar surface area (TPSA) is 63.0 Å². The summed E-state index contributed by atoms with van der Waals surface area (Å²) in [7, 11) is 1.55. The van der Waals surface area contributed by atoms with E-state index in [2.05, 4.69) is 20.4 Å². The predicted molar refractivity (Wildman–Crippen MR) is 145 cm³/mol. The Balaban J connectivity index is 1.64. The molecule has 222 valence electrons. The first-order valence-corrected chi connectivity index (χ1v) is 13.4. The number of hydrogen-bond acceptors (Lipinski definition) is 6. The molecule has 42 heavy (non-hydrogen) atoms. The zero-order chi connectivity index (χ0) is 30.2. The highest BCUT2D eigenvalue weighted by atomic mass is 35.5. The third-order valence-electron chi connectivity index (χ3n) is 7.18. The number of alkyl halides is 6. The summed E-state index contributed by atoms with van der Waals surface area (Å²) < 4.78 is 83.1. The lowest BCUT2D eigenvalue weighted by Crippen LogP contribution is -2.30. The van der Waals surface area contributed by atoms with Gasteiger partial charge in [0.15, 0.2) is 0 Å². The largest absolute Gasteiger partial charge is 0.416 e. The Labute approximate surface area is 242 Å². The van der Waals surface area contributed by atoms with Crippen molar-refractivity contribution in [3.63, 3.8) is 0 Å². The van der Waals surface area contributed by atoms with E-state index in [9.17, 15) is 26.3 Å². The third kappa shape index (κ3) is 6.45. The fourth-order valence-corrected chi connectivity index (χ4v) is 5.58. The highest BCUT2D eigenvalue weighted by Gasteiger charge is 2.37. The van der Waals surface area contributed by atoms with Crippen LogP contribution in [0.15, 0.2) is 54.9 Å². The standard InChI is InChI=1S/C28H26ClF6N7/c1-17-10-22-24(4-3-9-41(15-18-5-7-36-8-6-18)25(22)14-23(17)28(33,34)35)42(26-37-39-40(2)38-26)16-19-11-20(27(30,31)32)13-21(29)12-19/h5-8,10-14,24H,3-4,9,15-16H2,1-2H3/t24-/m0/s1. The second-order valence-electron chi connectivity index (χ2n) is 10.2. The Morgan fingerprint density at radius 2 is 1.71 bits per heavy atom. The Kier molecular flexibility index (Phi) is 8.06. The lowest BCUT2D eigenvalue weighted by molar-refractivity contribution is -0.138. The number of rotatable bonds is 6. The van der Waals surface area contributed by atoms with E-state index in [0.717, 1.165) is 23.8 Å². The highest BCUT2D eigenvalue weighted by Crippen LogP contribution is 2.44. The van der Waals surface area contributed by atoms with E-state index >= 15 is 0 Å². The van der Waals surface area contributed by atoms with E-state index in [1.165, 1.54) is 23.9 Å². The summed E-state index contributed by atoms with van der Waals surface area (Å²) in [4.78, 5) is 8.81. The summed E-state index contributed by atoms with van der Waals surface area (Å²) in [5, 5.41) is 12.2. The molecule has 0 amide bonds. The molecule has 0 fully saturated rings. The number of hydrogen-bond donors (Lipinski definition) is 0. The second-order valence-corrected chi connectivity index (χ2v) is 10.6. The maximum absolute atomic E-state index is 14.1. The van der Waals surface area contributed by atoms with E-state index in [0.29, 0.717) is 37.2 Å². The molecule has 0 aliphatic carbocycles. The smallest absolute Gasteiger partial charge is 0.367 e. The molecule has 0 saturated carbocycles. The van der Waals surface area contributed by atoms with Gasteiger partial charge >= 0.3 is 12.4 Å². The van der Waals surface area contributed by atoms with Gasteiger partial charge in [0, 0.05) is 42.7 Å². The average molecular weight is 610 g/mol. The number of pyridine rings is 1. The van der Waals surface area contributed by atoms with Gasteiger partial charge in [-0.25, -0.2) is 0 Å². The van der Waals surface area contributed by atoms with Gasteiger partial charge in [-0.05, 0) is 83.6 Å². The Bertz CT molecular complexity index is 1550. The summed E-state index contributed by atoms with van der Waals surface area (Å²) in [6.45, 7) is 2.10. The molecular weight excluding hydrogens is 584 g/mol. The van der Waals surface area contributed by atoms with Crippen LogP contribution in [0.25, 0.3) is 0 Å². The van der Waals surface area contributed by atoms with Crippen molar-refractivity contribution in [1.29, 1.82) is 0 Å². The lowest BCUT2D eigenvalue weighted by atomic mass is 9.94. The SMILES string of the molecule is Cc1cc2c(cc1C(F)(F)F)N(Cc1ccncc1)CCC[C@@H]2N(Cc1cc(Cl)cc(C(F)(F)F)c1)c1nnn(C)n1. The van der Waals surface area contributed by atoms with Gasteiger partial charge in [-0.1, -0.05) is 22.8 Å². The van der Waals surface area contributed by atoms with Gasteiger partial charge in [0.1, 0.15) is 0 Å². The molecule has 5 rings (SSSR count). The first-order valence-electron chi connectivity index (χ1n) is 13.0. The lowest BCUT2D eigenvalue weighted by Gasteiger charge is -2.33. The van der Waals surface area contributed by atoms with Gasteiger partial charge in [0.05, 0.1) is 24.2 Å². The van der Waals surface area contributed by atoms with E-state index in [1.807, 2.05) is 4.90 Å². The van der Waals surface area contributed by atoms with Gasteiger partial charge in [-0.3, -0.25) is 4.98 Å². The summed E-state index contributed by atoms with van der Waals surface area (Å²) in [6.07, 6.45) is -4.92. The first-order chi connectivity index (χ1) is 19.8. The van der Waals surface area contributed by atoms with Crippen LogP contribution in [-0.2, 0) is 32.5 Å². The molecule has 0 radical (unpaired) electrons. The number of tetrazole rings is 1. The molecule has 1 aliphatic heterocycles. The summed E-state index contributed by atoms with van der Waals surface area (Å²) in [5.41, 5.74) is 0.440. The monoisotopic (exact) mass is 609 g/mol. The molecule has 2 aromatic carbocycles. The first kappa shape index (κ1) is 29.6. The minimum atomic E-state index is -4.62. The molecule has 7 nitrogen and oxygen atoms in total. The van der Waals surface area contributed by atoms with Gasteiger partial charge in [-0.2, -0.15) is 31.1 Å². The fraction of sp³-hybridized carbons (Fsp3) is 0.357. The Hall–Kier alpha value is -3.87. The van der Waals surface area contributed by atoms with Crippen LogP contribution in [0.5, 0.6) is 0 Å². The van der Waals surface area contributed by atoms with Crippen LogP contribution in [0.2, 0.25) is 5.02 Å². The van der Waals surface area contributed by atoms with Crippen LogP contribution in [-0.4, -0.2) is 31.7 Å². The number of anilines is 2. The van der Waals surface area contributed by atoms with Crippen LogP contribution in [0.3, 0.4) is 0 Å². The second kappa shape index (κ2) is 11.4. The van der Waals surface area contributed by atoms with Crippen molar-refractivity contribution < 1.29 is 26.3 Å². The zero-order valence-electron chi connectivity index (χ0n) is 22.6. The molecular formula is C28H26ClF6N7. The number of aryl methyl sites for hydroxylation is 2. The Morgan fingerprint density at radius 3 is 2.36 bits per heavy atom. The maximum Gasteiger partial charge on any atom is 0.416 e. The normalized spacial score (nSPS) is 15.8. The molecule has 14 heteroatoms. The molecule has 0 spiro atoms. The van der Waals surface area contributed by atoms with Gasteiger partial charge < -0.3 is 9.80 Å². The number of aromatic nitrogens is 5. The van der Waals surface area contributed by atoms with Crippen molar-refractivity contribution in [3.8, 4) is 0 Å². The van der Waals surface area contributed by atoms with Gasteiger partial charge in [-0.15, -0.1) is 5.10 Å². The number of nitrogens with zero attached hydrogens (tertiary/aromatic N) is 7. The minimum absolute atomic E-state index is 0.0335. The van der Waals surface area contributed by atoms with E-state index < -0.39 is 29.5 Å². The molecule has 1 atom stereocenters. The molecule has 0 bridgehead atoms. The molecule has 1 aliphatic rings. The molecule has 0 unspecified atom stereocenters. The summed E-state index contributed by atoms with van der Waals surface area (Å²) in [6, 6.07) is 8.95. The minimum Gasteiger partial charge on any atom is -0.367 e. The van der Waals surface area contributed by atoms with Crippen molar-refractivity contribution in [3.05, 3.63) is 93.3 Å². The van der Waals surface area contributed by atoms with Crippen molar-refractivity contribution in [2.75, 3.05) is 16.3 Å². The predicted octanol–water partition coefficient (Wildman–Crippen LogP) is 7.15. The van der Waals surface area contributed by atoms with E-state index in [4.69, 9.17) is 11.6 Å². The van der Waals surface area contributed by atoms with Crippen LogP contribution in [0, 0.1) is 6.92 Å². The van der Waals surface area contributed by atoms with Crippen molar-refractivity contribution in [2.24, 2.45) is 7.05 Å². The van der Waals surface area contributed by atoms with Gasteiger partial charge in [0.25, 0.3) is 5.95 Å². The fourth-order valence-electron chi connectivity index (χ4n) is 5.32. The number of benzene rings is 2. The average Bonchev–Trinajstić information content (AvgIpc) is 3.26. The van der Waals surface area contributed by atoms with Crippen LogP contribution >= 0.6 is 11.6 Å². The van der Waals surface area contributed by atoms with Gasteiger partial charge in [0.2, 0.25) is 0 Å². The third-order valence-corrected chi connectivity index (χ3v) is 7.39. The van der Waals surface area contributed by atoms with Crippen molar-refractivity contribution >= 4 is 23.2 Å². The molecule has 4 aromatic rings. The quantitative estimate of drug-likeness (QED) is 0.216.